The monoisotopic (exact) mass is 1400 g/mol. The van der Waals surface area contributed by atoms with Crippen molar-refractivity contribution in [3.05, 3.63) is 85.1 Å². The van der Waals surface area contributed by atoms with Crippen molar-refractivity contribution in [2.45, 2.75) is 388 Å². The molecule has 3 saturated heterocycles. The van der Waals surface area contributed by atoms with Crippen LogP contribution in [0.4, 0.5) is 0 Å². The van der Waals surface area contributed by atoms with Gasteiger partial charge < -0.3 is 89.9 Å². The third-order valence-corrected chi connectivity index (χ3v) is 19.2. The van der Waals surface area contributed by atoms with Crippen molar-refractivity contribution in [3.63, 3.8) is 0 Å². The quantitative estimate of drug-likeness (QED) is 0.0199. The second-order valence-corrected chi connectivity index (χ2v) is 27.8. The van der Waals surface area contributed by atoms with E-state index in [1.165, 1.54) is 154 Å². The lowest BCUT2D eigenvalue weighted by molar-refractivity contribution is -0.379. The Morgan fingerprint density at radius 3 is 1.13 bits per heavy atom. The van der Waals surface area contributed by atoms with Crippen molar-refractivity contribution < 1.29 is 89.4 Å². The molecule has 0 saturated carbocycles. The van der Waals surface area contributed by atoms with Gasteiger partial charge in [-0.1, -0.05) is 285 Å². The van der Waals surface area contributed by atoms with Crippen molar-refractivity contribution in [1.29, 1.82) is 0 Å². The van der Waals surface area contributed by atoms with Gasteiger partial charge in [-0.2, -0.15) is 0 Å². The van der Waals surface area contributed by atoms with Crippen molar-refractivity contribution in [2.75, 3.05) is 26.4 Å². The van der Waals surface area contributed by atoms with Gasteiger partial charge in [0, 0.05) is 6.42 Å². The van der Waals surface area contributed by atoms with Crippen LogP contribution in [0, 0.1) is 0 Å². The van der Waals surface area contributed by atoms with Gasteiger partial charge in [0.15, 0.2) is 18.9 Å². The van der Waals surface area contributed by atoms with Gasteiger partial charge in [0.2, 0.25) is 5.91 Å². The Balaban J connectivity index is 1.40. The predicted molar refractivity (Wildman–Crippen MR) is 392 cm³/mol. The van der Waals surface area contributed by atoms with Gasteiger partial charge in [0.25, 0.3) is 0 Å². The van der Waals surface area contributed by atoms with Gasteiger partial charge >= 0.3 is 0 Å². The molecule has 17 unspecified atom stereocenters. The number of carbonyl (C=O) groups excluding carboxylic acids is 1. The number of rotatable bonds is 61. The maximum atomic E-state index is 13.4. The number of nitrogens with one attached hydrogen (secondary N) is 1. The zero-order valence-electron chi connectivity index (χ0n) is 61.2. The summed E-state index contributed by atoms with van der Waals surface area (Å²) in [6.45, 7) is 1.62. The molecule has 0 spiro atoms. The molecule has 3 aliphatic heterocycles. The van der Waals surface area contributed by atoms with Crippen molar-refractivity contribution in [3.8, 4) is 0 Å². The zero-order chi connectivity index (χ0) is 71.8. The molecule has 0 aromatic carbocycles. The molecule has 99 heavy (non-hydrogen) atoms. The Morgan fingerprint density at radius 1 is 0.374 bits per heavy atom. The fourth-order valence-corrected chi connectivity index (χ4v) is 12.9. The average Bonchev–Trinajstić information content (AvgIpc) is 0.782. The van der Waals surface area contributed by atoms with Gasteiger partial charge in [0.1, 0.15) is 73.2 Å². The van der Waals surface area contributed by atoms with E-state index in [0.29, 0.717) is 12.8 Å². The van der Waals surface area contributed by atoms with Crippen molar-refractivity contribution in [1.82, 2.24) is 5.32 Å². The molecule has 574 valence electrons. The first kappa shape index (κ1) is 90.2. The summed E-state index contributed by atoms with van der Waals surface area (Å²) in [6.07, 6.45) is 52.9. The van der Waals surface area contributed by atoms with Gasteiger partial charge in [-0.3, -0.25) is 4.79 Å². The largest absolute Gasteiger partial charge is 0.394 e. The molecule has 19 heteroatoms. The third-order valence-electron chi connectivity index (χ3n) is 19.2. The number of unbranched alkanes of at least 4 members (excludes halogenated alkanes) is 33. The smallest absolute Gasteiger partial charge is 0.220 e. The number of amides is 1. The lowest BCUT2D eigenvalue weighted by Crippen LogP contribution is -2.66. The maximum absolute atomic E-state index is 13.4. The predicted octanol–water partition coefficient (Wildman–Crippen LogP) is 12.6. The van der Waals surface area contributed by atoms with Crippen LogP contribution in [0.25, 0.3) is 0 Å². The molecule has 0 radical (unpaired) electrons. The number of allylic oxidation sites excluding steroid dienone is 13. The van der Waals surface area contributed by atoms with Crippen LogP contribution in [0.15, 0.2) is 85.1 Å². The normalized spacial score (nSPS) is 27.1. The molecule has 3 rings (SSSR count). The van der Waals surface area contributed by atoms with E-state index < -0.39 is 124 Å². The van der Waals surface area contributed by atoms with Crippen LogP contribution in [0.5, 0.6) is 0 Å². The van der Waals surface area contributed by atoms with E-state index in [4.69, 9.17) is 28.4 Å². The molecule has 0 aromatic rings. The fourth-order valence-electron chi connectivity index (χ4n) is 12.9. The zero-order valence-corrected chi connectivity index (χ0v) is 61.2. The van der Waals surface area contributed by atoms with Crippen LogP contribution in [-0.2, 0) is 33.2 Å². The summed E-state index contributed by atoms with van der Waals surface area (Å²) in [4.78, 5) is 13.4. The Bertz CT molecular complexity index is 2120. The number of aliphatic hydroxyl groups excluding tert-OH is 11. The second kappa shape index (κ2) is 60.3. The van der Waals surface area contributed by atoms with Crippen LogP contribution in [0.3, 0.4) is 0 Å². The molecule has 0 aromatic heterocycles. The first-order chi connectivity index (χ1) is 48.3. The Kier molecular flexibility index (Phi) is 54.9. The summed E-state index contributed by atoms with van der Waals surface area (Å²) in [6, 6.07) is -1.00. The number of hydrogen-bond donors (Lipinski definition) is 12. The third kappa shape index (κ3) is 40.7. The molecule has 1 amide bonds. The number of ether oxygens (including phenoxy) is 6. The Morgan fingerprint density at radius 2 is 0.707 bits per heavy atom. The van der Waals surface area contributed by atoms with Crippen molar-refractivity contribution in [2.24, 2.45) is 0 Å². The molecule has 12 N–H and O–H groups in total. The van der Waals surface area contributed by atoms with E-state index in [2.05, 4.69) is 92.1 Å². The van der Waals surface area contributed by atoms with Crippen molar-refractivity contribution >= 4 is 5.91 Å². The minimum Gasteiger partial charge on any atom is -0.394 e. The van der Waals surface area contributed by atoms with Gasteiger partial charge in [0.05, 0.1) is 38.6 Å². The molecule has 0 aliphatic carbocycles. The summed E-state index contributed by atoms with van der Waals surface area (Å²) in [5.74, 6) is -0.297. The van der Waals surface area contributed by atoms with E-state index in [1.54, 1.807) is 6.08 Å². The summed E-state index contributed by atoms with van der Waals surface area (Å²) in [5, 5.41) is 121. The summed E-state index contributed by atoms with van der Waals surface area (Å²) in [5.41, 5.74) is 0. The lowest BCUT2D eigenvalue weighted by atomic mass is 9.96. The number of aliphatic hydroxyl groups is 11. The van der Waals surface area contributed by atoms with Crippen LogP contribution in [-0.4, -0.2) is 193 Å². The molecule has 3 heterocycles. The summed E-state index contributed by atoms with van der Waals surface area (Å²) < 4.78 is 34.4. The van der Waals surface area contributed by atoms with Gasteiger partial charge in [-0.25, -0.2) is 0 Å². The highest BCUT2D eigenvalue weighted by Gasteiger charge is 2.53. The standard InChI is InChI=1S/C80H141NO18/c1-3-5-7-9-11-13-15-17-19-21-23-25-27-28-29-30-31-32-33-34-36-37-39-41-43-45-47-49-51-53-55-57-64(85)63(81-68(86)58-56-54-52-50-48-46-44-42-40-38-35-26-24-22-20-18-16-14-12-10-8-6-4-2)62-94-78-74(92)71(89)76(66(60-83)96-78)99-80-75(93)72(90)77(67(61-84)97-80)98-79-73(91)70(88)69(87)65(59-82)95-79/h6,8,12,14,18,20,24,26,38,40,47,49,55,57,63-67,69-80,82-85,87-93H,3-5,7,9-11,13,15-17,19,21-23,25,27-37,39,41-46,48,50-54,56,58-62H2,1-2H3,(H,81,86)/b8-6-,14-12-,20-18-,26-24-,40-38-,49-47+,57-55+. The molecule has 17 atom stereocenters. The molecular weight excluding hydrogens is 1260 g/mol. The lowest BCUT2D eigenvalue weighted by Gasteiger charge is -2.48. The van der Waals surface area contributed by atoms with Crippen LogP contribution < -0.4 is 5.32 Å². The van der Waals surface area contributed by atoms with Gasteiger partial charge in [-0.15, -0.1) is 0 Å². The first-order valence-electron chi connectivity index (χ1n) is 39.3. The van der Waals surface area contributed by atoms with Gasteiger partial charge in [-0.05, 0) is 77.0 Å². The van der Waals surface area contributed by atoms with Crippen LogP contribution in [0.2, 0.25) is 0 Å². The summed E-state index contributed by atoms with van der Waals surface area (Å²) >= 11 is 0. The highest BCUT2D eigenvalue weighted by atomic mass is 16.8. The molecule has 0 bridgehead atoms. The van der Waals surface area contributed by atoms with E-state index in [-0.39, 0.29) is 18.9 Å². The van der Waals surface area contributed by atoms with E-state index in [1.807, 2.05) is 6.08 Å². The fraction of sp³-hybridized carbons (Fsp3) is 0.812. The molecule has 19 nitrogen and oxygen atoms in total. The second-order valence-electron chi connectivity index (χ2n) is 27.8. The number of carbonyl (C=O) groups is 1. The molecular formula is C80H141NO18. The van der Waals surface area contributed by atoms with E-state index >= 15 is 0 Å². The highest BCUT2D eigenvalue weighted by Crippen LogP contribution is 2.33. The minimum atomic E-state index is -1.99. The molecule has 3 aliphatic rings. The molecule has 3 fully saturated rings. The Labute approximate surface area is 597 Å². The minimum absolute atomic E-state index is 0.218. The maximum Gasteiger partial charge on any atom is 0.220 e. The Hall–Kier alpha value is -3.03. The van der Waals surface area contributed by atoms with Crippen LogP contribution >= 0.6 is 0 Å². The van der Waals surface area contributed by atoms with Crippen LogP contribution in [0.1, 0.15) is 284 Å². The van der Waals surface area contributed by atoms with E-state index in [0.717, 1.165) is 96.3 Å². The number of hydrogen-bond acceptors (Lipinski definition) is 18. The highest BCUT2D eigenvalue weighted by molar-refractivity contribution is 5.76. The first-order valence-corrected chi connectivity index (χ1v) is 39.3. The van der Waals surface area contributed by atoms with E-state index in [9.17, 15) is 61.0 Å². The SMILES string of the molecule is CC/C=C\C/C=C\C/C=C\C/C=C\C/C=C\CCCCCCCCCC(=O)NC(COC1OC(CO)C(OC2OC(CO)C(OC3OC(CO)C(O)C(O)C3O)C(O)C2O)C(O)C1O)C(O)/C=C/CC/C=C/CCCCCCCCCCCCCCCCCCCCCCCCCCC. The topological polar surface area (TPSA) is 307 Å². The summed E-state index contributed by atoms with van der Waals surface area (Å²) in [7, 11) is 0. The average molecular weight is 1400 g/mol.